The lowest BCUT2D eigenvalue weighted by Gasteiger charge is -2.18. The van der Waals surface area contributed by atoms with Gasteiger partial charge in [-0.15, -0.1) is 11.8 Å². The molecule has 0 amide bonds. The zero-order chi connectivity index (χ0) is 15.2. The van der Waals surface area contributed by atoms with Crippen molar-refractivity contribution in [1.29, 1.82) is 0 Å². The van der Waals surface area contributed by atoms with E-state index in [1.807, 2.05) is 44.2 Å². The second-order valence-corrected chi connectivity index (χ2v) is 6.17. The molecule has 21 heavy (non-hydrogen) atoms. The highest BCUT2D eigenvalue weighted by molar-refractivity contribution is 7.99. The van der Waals surface area contributed by atoms with E-state index < -0.39 is 0 Å². The normalized spacial score (nSPS) is 12.4. The van der Waals surface area contributed by atoms with Crippen LogP contribution in [0.25, 0.3) is 0 Å². The van der Waals surface area contributed by atoms with Gasteiger partial charge >= 0.3 is 0 Å². The number of halogens is 1. The van der Waals surface area contributed by atoms with Crippen LogP contribution in [0.4, 0.5) is 4.39 Å². The van der Waals surface area contributed by atoms with Crippen LogP contribution in [0.5, 0.6) is 5.75 Å². The van der Waals surface area contributed by atoms with Gasteiger partial charge in [-0.2, -0.15) is 0 Å². The predicted molar refractivity (Wildman–Crippen MR) is 86.3 cm³/mol. The minimum atomic E-state index is -0.225. The van der Waals surface area contributed by atoms with Crippen LogP contribution in [0.1, 0.15) is 25.5 Å². The van der Waals surface area contributed by atoms with Gasteiger partial charge in [0.25, 0.3) is 0 Å². The van der Waals surface area contributed by atoms with Crippen molar-refractivity contribution in [3.63, 3.8) is 0 Å². The van der Waals surface area contributed by atoms with Crippen molar-refractivity contribution >= 4 is 11.8 Å². The maximum atomic E-state index is 13.2. The zero-order valence-corrected chi connectivity index (χ0v) is 13.1. The van der Waals surface area contributed by atoms with Crippen LogP contribution < -0.4 is 10.5 Å². The molecule has 2 nitrogen and oxygen atoms in total. The van der Waals surface area contributed by atoms with Crippen molar-refractivity contribution < 1.29 is 9.13 Å². The first-order valence-corrected chi connectivity index (χ1v) is 7.94. The fraction of sp³-hybridized carbons (Fsp3) is 0.294. The van der Waals surface area contributed by atoms with Crippen molar-refractivity contribution in [3.8, 4) is 5.75 Å². The third-order valence-electron chi connectivity index (χ3n) is 2.91. The summed E-state index contributed by atoms with van der Waals surface area (Å²) in [5.74, 6) is 1.26. The van der Waals surface area contributed by atoms with Gasteiger partial charge in [-0.05, 0) is 38.1 Å². The van der Waals surface area contributed by atoms with Crippen molar-refractivity contribution in [2.75, 3.05) is 5.75 Å². The van der Waals surface area contributed by atoms with Gasteiger partial charge in [-0.1, -0.05) is 24.3 Å². The molecule has 1 unspecified atom stereocenters. The predicted octanol–water partition coefficient (Wildman–Crippen LogP) is 4.41. The molecule has 2 aromatic carbocycles. The molecular formula is C17H20FNOS. The molecule has 0 heterocycles. The van der Waals surface area contributed by atoms with Crippen molar-refractivity contribution in [3.05, 3.63) is 59.9 Å². The first kappa shape index (κ1) is 15.9. The van der Waals surface area contributed by atoms with E-state index in [2.05, 4.69) is 0 Å². The first-order valence-electron chi connectivity index (χ1n) is 6.96. The average Bonchev–Trinajstić information content (AvgIpc) is 2.45. The second kappa shape index (κ2) is 7.48. The number of hydrogen-bond donors (Lipinski definition) is 1. The molecule has 112 valence electrons. The zero-order valence-electron chi connectivity index (χ0n) is 12.3. The van der Waals surface area contributed by atoms with Crippen molar-refractivity contribution in [1.82, 2.24) is 0 Å². The summed E-state index contributed by atoms with van der Waals surface area (Å²) < 4.78 is 18.9. The monoisotopic (exact) mass is 305 g/mol. The Morgan fingerprint density at radius 2 is 1.90 bits per heavy atom. The third kappa shape index (κ3) is 4.76. The first-order chi connectivity index (χ1) is 10.1. The van der Waals surface area contributed by atoms with Gasteiger partial charge in [-0.3, -0.25) is 0 Å². The van der Waals surface area contributed by atoms with Gasteiger partial charge in [0, 0.05) is 22.3 Å². The molecule has 1 atom stereocenters. The summed E-state index contributed by atoms with van der Waals surface area (Å²) in [7, 11) is 0. The summed E-state index contributed by atoms with van der Waals surface area (Å²) in [6, 6.07) is 14.2. The van der Waals surface area contributed by atoms with Crippen LogP contribution in [0.2, 0.25) is 0 Å². The maximum Gasteiger partial charge on any atom is 0.124 e. The molecule has 0 aliphatic heterocycles. The Morgan fingerprint density at radius 1 is 1.14 bits per heavy atom. The van der Waals surface area contributed by atoms with Gasteiger partial charge < -0.3 is 10.5 Å². The molecule has 0 spiro atoms. The molecule has 0 fully saturated rings. The molecule has 0 aliphatic rings. The summed E-state index contributed by atoms with van der Waals surface area (Å²) in [5.41, 5.74) is 7.24. The number of para-hydroxylation sites is 1. The van der Waals surface area contributed by atoms with Crippen molar-refractivity contribution in [2.24, 2.45) is 5.73 Å². The molecule has 2 N–H and O–H groups in total. The highest BCUT2D eigenvalue weighted by Crippen LogP contribution is 2.29. The van der Waals surface area contributed by atoms with Crippen LogP contribution in [0.3, 0.4) is 0 Å². The molecule has 0 saturated heterocycles. The fourth-order valence-electron chi connectivity index (χ4n) is 1.98. The van der Waals surface area contributed by atoms with Gasteiger partial charge in [0.05, 0.1) is 6.10 Å². The number of ether oxygens (including phenoxy) is 1. The van der Waals surface area contributed by atoms with E-state index in [4.69, 9.17) is 10.5 Å². The average molecular weight is 305 g/mol. The molecular weight excluding hydrogens is 285 g/mol. The highest BCUT2D eigenvalue weighted by Gasteiger charge is 2.13. The Kier molecular flexibility index (Phi) is 5.65. The van der Waals surface area contributed by atoms with E-state index >= 15 is 0 Å². The third-order valence-corrected chi connectivity index (χ3v) is 4.02. The van der Waals surface area contributed by atoms with Crippen LogP contribution in [-0.4, -0.2) is 11.9 Å². The number of hydrogen-bond acceptors (Lipinski definition) is 3. The fourth-order valence-corrected chi connectivity index (χ4v) is 2.90. The molecule has 2 aromatic rings. The Bertz CT molecular complexity index is 589. The van der Waals surface area contributed by atoms with E-state index in [9.17, 15) is 4.39 Å². The van der Waals surface area contributed by atoms with E-state index in [-0.39, 0.29) is 18.0 Å². The topological polar surface area (TPSA) is 35.2 Å². The Balaban J connectivity index is 2.04. The van der Waals surface area contributed by atoms with Crippen LogP contribution in [-0.2, 0) is 0 Å². The van der Waals surface area contributed by atoms with E-state index in [0.717, 1.165) is 16.2 Å². The van der Waals surface area contributed by atoms with Gasteiger partial charge in [0.1, 0.15) is 11.6 Å². The number of benzene rings is 2. The smallest absolute Gasteiger partial charge is 0.124 e. The maximum absolute atomic E-state index is 13.2. The largest absolute Gasteiger partial charge is 0.491 e. The SMILES string of the molecule is CC(C)Oc1ccccc1C(N)CSc1cccc(F)c1. The Labute approximate surface area is 129 Å². The molecule has 0 aliphatic carbocycles. The quantitative estimate of drug-likeness (QED) is 0.803. The van der Waals surface area contributed by atoms with E-state index in [1.54, 1.807) is 17.8 Å². The van der Waals surface area contributed by atoms with E-state index in [0.29, 0.717) is 5.75 Å². The minimum Gasteiger partial charge on any atom is -0.491 e. The Morgan fingerprint density at radius 3 is 2.62 bits per heavy atom. The molecule has 0 aromatic heterocycles. The van der Waals surface area contributed by atoms with Crippen molar-refractivity contribution in [2.45, 2.75) is 30.9 Å². The summed E-state index contributed by atoms with van der Waals surface area (Å²) in [4.78, 5) is 0.882. The highest BCUT2D eigenvalue weighted by atomic mass is 32.2. The molecule has 4 heteroatoms. The second-order valence-electron chi connectivity index (χ2n) is 5.08. The molecule has 2 rings (SSSR count). The van der Waals surface area contributed by atoms with Gasteiger partial charge in [0.15, 0.2) is 0 Å². The Hall–Kier alpha value is -1.52. The van der Waals surface area contributed by atoms with Gasteiger partial charge in [0.2, 0.25) is 0 Å². The lowest BCUT2D eigenvalue weighted by atomic mass is 10.1. The summed E-state index contributed by atoms with van der Waals surface area (Å²) >= 11 is 1.54. The van der Waals surface area contributed by atoms with Crippen LogP contribution >= 0.6 is 11.8 Å². The van der Waals surface area contributed by atoms with E-state index in [1.165, 1.54) is 12.1 Å². The summed E-state index contributed by atoms with van der Waals surface area (Å²) in [6.07, 6.45) is 0.106. The van der Waals surface area contributed by atoms with Crippen LogP contribution in [0.15, 0.2) is 53.4 Å². The summed E-state index contributed by atoms with van der Waals surface area (Å²) in [5, 5.41) is 0. The molecule has 0 saturated carbocycles. The lowest BCUT2D eigenvalue weighted by molar-refractivity contribution is 0.239. The lowest BCUT2D eigenvalue weighted by Crippen LogP contribution is -2.16. The molecule has 0 radical (unpaired) electrons. The number of rotatable bonds is 6. The van der Waals surface area contributed by atoms with Crippen LogP contribution in [0, 0.1) is 5.82 Å². The number of nitrogens with two attached hydrogens (primary N) is 1. The summed E-state index contributed by atoms with van der Waals surface area (Å²) in [6.45, 7) is 3.98. The minimum absolute atomic E-state index is 0.106. The molecule has 0 bridgehead atoms. The standard InChI is InChI=1S/C17H20FNOS/c1-12(2)20-17-9-4-3-8-15(17)16(19)11-21-14-7-5-6-13(18)10-14/h3-10,12,16H,11,19H2,1-2H3. The van der Waals surface area contributed by atoms with Gasteiger partial charge in [-0.25, -0.2) is 4.39 Å². The number of thioether (sulfide) groups is 1.